The first-order valence-corrected chi connectivity index (χ1v) is 8.85. The molecule has 3 aromatic heterocycles. The number of fused-ring (bicyclic) bond motifs is 1. The zero-order valence-electron chi connectivity index (χ0n) is 13.7. The summed E-state index contributed by atoms with van der Waals surface area (Å²) < 4.78 is 3.32. The summed E-state index contributed by atoms with van der Waals surface area (Å²) in [6.45, 7) is 5.89. The number of aromatic nitrogens is 5. The van der Waals surface area contributed by atoms with Crippen LogP contribution in [-0.4, -0.2) is 34.6 Å². The van der Waals surface area contributed by atoms with Gasteiger partial charge in [0.2, 0.25) is 0 Å². The second-order valence-electron chi connectivity index (χ2n) is 5.82. The Morgan fingerprint density at radius 3 is 2.92 bits per heavy atom. The van der Waals surface area contributed by atoms with Crippen LogP contribution in [0.1, 0.15) is 29.3 Å². The number of halogens is 1. The van der Waals surface area contributed by atoms with Gasteiger partial charge in [-0.25, -0.2) is 9.67 Å². The molecule has 0 aliphatic heterocycles. The van der Waals surface area contributed by atoms with Crippen molar-refractivity contribution in [3.63, 3.8) is 0 Å². The summed E-state index contributed by atoms with van der Waals surface area (Å²) in [6, 6.07) is 4.70. The average molecular weight is 388 g/mol. The first kappa shape index (κ1) is 16.8. The first-order chi connectivity index (χ1) is 12.5. The fourth-order valence-corrected chi connectivity index (χ4v) is 3.90. The zero-order chi connectivity index (χ0) is 18.4. The maximum Gasteiger partial charge on any atom is 0.141 e. The van der Waals surface area contributed by atoms with Crippen LogP contribution in [0, 0.1) is 0 Å². The lowest BCUT2D eigenvalue weighted by Crippen LogP contribution is -2.05. The second kappa shape index (κ2) is 6.24. The number of aliphatic hydroxyl groups is 1. The molecule has 7 nitrogen and oxygen atoms in total. The molecule has 4 rings (SSSR count). The van der Waals surface area contributed by atoms with E-state index in [1.54, 1.807) is 30.9 Å². The largest absolute Gasteiger partial charge is 0.506 e. The molecule has 0 radical (unpaired) electrons. The molecule has 0 amide bonds. The number of phenolic OH excluding ortho intramolecular Hbond substituents is 1. The van der Waals surface area contributed by atoms with Crippen molar-refractivity contribution >= 4 is 33.3 Å². The number of thiazole rings is 1. The number of benzene rings is 1. The van der Waals surface area contributed by atoms with E-state index in [2.05, 4.69) is 21.9 Å². The van der Waals surface area contributed by atoms with E-state index in [-0.39, 0.29) is 10.8 Å². The molecule has 0 fully saturated rings. The van der Waals surface area contributed by atoms with Gasteiger partial charge in [-0.15, -0.1) is 16.4 Å². The molecule has 26 heavy (non-hydrogen) atoms. The van der Waals surface area contributed by atoms with Crippen molar-refractivity contribution in [2.45, 2.75) is 13.0 Å². The van der Waals surface area contributed by atoms with Crippen molar-refractivity contribution < 1.29 is 10.2 Å². The topological polar surface area (TPSA) is 88.5 Å². The molecule has 9 heteroatoms. The van der Waals surface area contributed by atoms with E-state index < -0.39 is 6.10 Å². The van der Waals surface area contributed by atoms with E-state index in [0.29, 0.717) is 17.1 Å². The van der Waals surface area contributed by atoms with Crippen LogP contribution in [0.5, 0.6) is 5.75 Å². The summed E-state index contributed by atoms with van der Waals surface area (Å²) in [4.78, 5) is 5.92. The van der Waals surface area contributed by atoms with Crippen molar-refractivity contribution in [2.75, 3.05) is 0 Å². The lowest BCUT2D eigenvalue weighted by Gasteiger charge is -2.09. The van der Waals surface area contributed by atoms with Crippen LogP contribution in [0.15, 0.2) is 43.5 Å². The third-order valence-electron chi connectivity index (χ3n) is 3.94. The number of aromatic hydroxyl groups is 1. The molecule has 0 saturated heterocycles. The molecule has 0 spiro atoms. The van der Waals surface area contributed by atoms with E-state index in [0.717, 1.165) is 15.3 Å². The summed E-state index contributed by atoms with van der Waals surface area (Å²) in [6.07, 6.45) is 4.02. The Morgan fingerprint density at radius 1 is 1.38 bits per heavy atom. The number of hydrogen-bond donors (Lipinski definition) is 2. The summed E-state index contributed by atoms with van der Waals surface area (Å²) in [5, 5.41) is 28.8. The van der Waals surface area contributed by atoms with Gasteiger partial charge in [0.15, 0.2) is 0 Å². The number of imidazole rings is 1. The van der Waals surface area contributed by atoms with Crippen LogP contribution in [0.2, 0.25) is 5.02 Å². The van der Waals surface area contributed by atoms with E-state index >= 15 is 0 Å². The minimum absolute atomic E-state index is 0.0114. The molecule has 132 valence electrons. The Hall–Kier alpha value is -2.68. The Morgan fingerprint density at radius 2 is 2.19 bits per heavy atom. The minimum atomic E-state index is -0.994. The number of aliphatic hydroxyl groups excluding tert-OH is 1. The van der Waals surface area contributed by atoms with Crippen LogP contribution in [0.25, 0.3) is 16.1 Å². The van der Waals surface area contributed by atoms with Crippen LogP contribution in [-0.2, 0) is 0 Å². The molecule has 0 saturated carbocycles. The Labute approximate surface area is 157 Å². The fraction of sp³-hybridized carbons (Fsp3) is 0.118. The average Bonchev–Trinajstić information content (AvgIpc) is 3.31. The summed E-state index contributed by atoms with van der Waals surface area (Å²) in [7, 11) is 0. The van der Waals surface area contributed by atoms with Crippen LogP contribution in [0.3, 0.4) is 0 Å². The van der Waals surface area contributed by atoms with Crippen LogP contribution < -0.4 is 0 Å². The number of phenols is 1. The third-order valence-corrected chi connectivity index (χ3v) is 5.51. The summed E-state index contributed by atoms with van der Waals surface area (Å²) >= 11 is 7.45. The smallest absolute Gasteiger partial charge is 0.141 e. The highest BCUT2D eigenvalue weighted by Crippen LogP contribution is 2.35. The van der Waals surface area contributed by atoms with Crippen molar-refractivity contribution in [3.05, 3.63) is 64.8 Å². The van der Waals surface area contributed by atoms with E-state index in [9.17, 15) is 10.2 Å². The van der Waals surface area contributed by atoms with Crippen molar-refractivity contribution in [3.8, 4) is 11.4 Å². The Balaban J connectivity index is 1.76. The van der Waals surface area contributed by atoms with Gasteiger partial charge in [0, 0.05) is 0 Å². The molecule has 2 N–H and O–H groups in total. The SMILES string of the molecule is C=C(C)c1sc2cncn2c1C(O)c1cn(-c2ccc(O)c(Cl)c2)nn1. The van der Waals surface area contributed by atoms with Gasteiger partial charge in [-0.3, -0.25) is 4.40 Å². The molecule has 0 aliphatic carbocycles. The number of hydrogen-bond acceptors (Lipinski definition) is 6. The predicted octanol–water partition coefficient (Wildman–Crippen LogP) is 3.45. The molecular formula is C17H14ClN5O2S. The number of allylic oxidation sites excluding steroid dienone is 1. The molecular weight excluding hydrogens is 374 g/mol. The minimum Gasteiger partial charge on any atom is -0.506 e. The van der Waals surface area contributed by atoms with E-state index in [1.165, 1.54) is 22.1 Å². The summed E-state index contributed by atoms with van der Waals surface area (Å²) in [5.74, 6) is -0.0114. The number of nitrogens with zero attached hydrogens (tertiary/aromatic N) is 5. The van der Waals surface area contributed by atoms with Gasteiger partial charge in [-0.1, -0.05) is 23.4 Å². The highest BCUT2D eigenvalue weighted by Gasteiger charge is 2.24. The van der Waals surface area contributed by atoms with Gasteiger partial charge in [0.1, 0.15) is 28.7 Å². The maximum absolute atomic E-state index is 10.9. The monoisotopic (exact) mass is 387 g/mol. The first-order valence-electron chi connectivity index (χ1n) is 7.65. The molecule has 4 aromatic rings. The van der Waals surface area contributed by atoms with Crippen LogP contribution >= 0.6 is 22.9 Å². The standard InChI is InChI=1S/C17H14ClN5O2S/c1-9(2)17-15(22-8-19-6-14(22)26-17)16(25)12-7-23(21-20-12)10-3-4-13(24)11(18)5-10/h3-8,16,24-25H,1H2,2H3. The van der Waals surface area contributed by atoms with Gasteiger partial charge in [0.25, 0.3) is 0 Å². The van der Waals surface area contributed by atoms with Crippen molar-refractivity contribution in [2.24, 2.45) is 0 Å². The second-order valence-corrected chi connectivity index (χ2v) is 7.26. The van der Waals surface area contributed by atoms with Gasteiger partial charge < -0.3 is 10.2 Å². The van der Waals surface area contributed by atoms with Crippen molar-refractivity contribution in [1.82, 2.24) is 24.4 Å². The zero-order valence-corrected chi connectivity index (χ0v) is 15.2. The summed E-state index contributed by atoms with van der Waals surface area (Å²) in [5.41, 5.74) is 2.51. The van der Waals surface area contributed by atoms with Crippen LogP contribution in [0.4, 0.5) is 0 Å². The number of rotatable bonds is 4. The van der Waals surface area contributed by atoms with Crippen molar-refractivity contribution in [1.29, 1.82) is 0 Å². The Bertz CT molecular complexity index is 1130. The Kier molecular flexibility index (Phi) is 4.03. The van der Waals surface area contributed by atoms with Gasteiger partial charge in [0.05, 0.1) is 33.7 Å². The molecule has 1 unspecified atom stereocenters. The fourth-order valence-electron chi connectivity index (χ4n) is 2.67. The molecule has 1 atom stereocenters. The van der Waals surface area contributed by atoms with Gasteiger partial charge >= 0.3 is 0 Å². The molecule has 3 heterocycles. The highest BCUT2D eigenvalue weighted by atomic mass is 35.5. The molecule has 0 bridgehead atoms. The van der Waals surface area contributed by atoms with Gasteiger partial charge in [-0.05, 0) is 30.7 Å². The lowest BCUT2D eigenvalue weighted by atomic mass is 10.1. The molecule has 0 aliphatic rings. The quantitative estimate of drug-likeness (QED) is 0.560. The third kappa shape index (κ3) is 2.68. The van der Waals surface area contributed by atoms with E-state index in [1.807, 2.05) is 11.3 Å². The highest BCUT2D eigenvalue weighted by molar-refractivity contribution is 7.18. The molecule has 1 aromatic carbocycles. The van der Waals surface area contributed by atoms with E-state index in [4.69, 9.17) is 11.6 Å². The normalized spacial score (nSPS) is 12.6. The predicted molar refractivity (Wildman–Crippen MR) is 99.9 cm³/mol. The van der Waals surface area contributed by atoms with Gasteiger partial charge in [-0.2, -0.15) is 0 Å². The lowest BCUT2D eigenvalue weighted by molar-refractivity contribution is 0.209. The maximum atomic E-state index is 10.9.